The second-order valence-corrected chi connectivity index (χ2v) is 4.42. The van der Waals surface area contributed by atoms with Crippen LogP contribution in [0, 0.1) is 0 Å². The fourth-order valence-corrected chi connectivity index (χ4v) is 1.81. The topological polar surface area (TPSA) is 105 Å². The Bertz CT molecular complexity index is 392. The van der Waals surface area contributed by atoms with Crippen LogP contribution in [-0.4, -0.2) is 28.5 Å². The largest absolute Gasteiger partial charge is 0.481 e. The quantitative estimate of drug-likeness (QED) is 0.634. The van der Waals surface area contributed by atoms with E-state index in [1.54, 1.807) is 5.38 Å². The van der Waals surface area contributed by atoms with Crippen LogP contribution in [0.1, 0.15) is 36.2 Å². The first-order valence-corrected chi connectivity index (χ1v) is 6.18. The Hall–Kier alpha value is -1.63. The van der Waals surface area contributed by atoms with Gasteiger partial charge in [0.2, 0.25) is 0 Å². The van der Waals surface area contributed by atoms with Crippen LogP contribution >= 0.6 is 11.3 Å². The summed E-state index contributed by atoms with van der Waals surface area (Å²) in [6, 6.07) is 0. The minimum absolute atomic E-state index is 0.177. The smallest absolute Gasteiger partial charge is 0.303 e. The van der Waals surface area contributed by atoms with E-state index in [1.807, 2.05) is 0 Å². The lowest BCUT2D eigenvalue weighted by molar-refractivity contribution is -0.137. The van der Waals surface area contributed by atoms with Gasteiger partial charge in [0, 0.05) is 18.3 Å². The first-order chi connectivity index (χ1) is 8.09. The van der Waals surface area contributed by atoms with E-state index in [1.165, 1.54) is 11.3 Å². The maximum Gasteiger partial charge on any atom is 0.303 e. The SMILES string of the molecule is Nc1nc(C(=O)NCCCCCC(=O)O)cs1. The lowest BCUT2D eigenvalue weighted by Gasteiger charge is -2.02. The number of nitrogens with two attached hydrogens (primary N) is 1. The second kappa shape index (κ2) is 6.85. The molecule has 1 aromatic heterocycles. The van der Waals surface area contributed by atoms with Crippen LogP contribution in [0.4, 0.5) is 5.13 Å². The number of carboxylic acids is 1. The number of amides is 1. The number of nitrogen functional groups attached to an aromatic ring is 1. The number of rotatable bonds is 7. The summed E-state index contributed by atoms with van der Waals surface area (Å²) in [6.07, 6.45) is 2.36. The van der Waals surface area contributed by atoms with Crippen LogP contribution in [0.15, 0.2) is 5.38 Å². The summed E-state index contributed by atoms with van der Waals surface area (Å²) in [4.78, 5) is 25.6. The van der Waals surface area contributed by atoms with Gasteiger partial charge < -0.3 is 16.2 Å². The molecule has 0 aromatic carbocycles. The predicted octanol–water partition coefficient (Wildman–Crippen LogP) is 1.10. The second-order valence-electron chi connectivity index (χ2n) is 3.53. The number of thiazole rings is 1. The van der Waals surface area contributed by atoms with Crippen LogP contribution in [0.5, 0.6) is 0 Å². The molecular weight excluding hydrogens is 242 g/mol. The number of aromatic nitrogens is 1. The summed E-state index contributed by atoms with van der Waals surface area (Å²) in [5.41, 5.74) is 5.74. The highest BCUT2D eigenvalue weighted by atomic mass is 32.1. The first-order valence-electron chi connectivity index (χ1n) is 5.30. The van der Waals surface area contributed by atoms with E-state index in [9.17, 15) is 9.59 Å². The third-order valence-corrected chi connectivity index (χ3v) is 2.78. The van der Waals surface area contributed by atoms with Gasteiger partial charge in [-0.3, -0.25) is 9.59 Å². The number of unbranched alkanes of at least 4 members (excludes halogenated alkanes) is 2. The van der Waals surface area contributed by atoms with Crippen molar-refractivity contribution >= 4 is 28.3 Å². The third-order valence-electron chi connectivity index (χ3n) is 2.11. The van der Waals surface area contributed by atoms with Gasteiger partial charge in [-0.15, -0.1) is 11.3 Å². The van der Waals surface area contributed by atoms with Gasteiger partial charge in [-0.2, -0.15) is 0 Å². The molecule has 4 N–H and O–H groups in total. The van der Waals surface area contributed by atoms with Gasteiger partial charge in [0.05, 0.1) is 0 Å². The lowest BCUT2D eigenvalue weighted by Crippen LogP contribution is -2.24. The van der Waals surface area contributed by atoms with Gasteiger partial charge >= 0.3 is 5.97 Å². The van der Waals surface area contributed by atoms with E-state index in [2.05, 4.69) is 10.3 Å². The Morgan fingerprint density at radius 2 is 2.18 bits per heavy atom. The first kappa shape index (κ1) is 13.4. The molecule has 17 heavy (non-hydrogen) atoms. The van der Waals surface area contributed by atoms with Crippen molar-refractivity contribution < 1.29 is 14.7 Å². The molecule has 94 valence electrons. The van der Waals surface area contributed by atoms with Crippen LogP contribution in [0.25, 0.3) is 0 Å². The van der Waals surface area contributed by atoms with Crippen molar-refractivity contribution in [2.75, 3.05) is 12.3 Å². The molecule has 0 aliphatic rings. The fraction of sp³-hybridized carbons (Fsp3) is 0.500. The molecule has 0 radical (unpaired) electrons. The van der Waals surface area contributed by atoms with Gasteiger partial charge in [0.25, 0.3) is 5.91 Å². The van der Waals surface area contributed by atoms with E-state index < -0.39 is 5.97 Å². The molecular formula is C10H15N3O3S. The molecule has 7 heteroatoms. The molecule has 0 bridgehead atoms. The van der Waals surface area contributed by atoms with Crippen molar-refractivity contribution in [2.45, 2.75) is 25.7 Å². The van der Waals surface area contributed by atoms with Crippen molar-refractivity contribution in [3.05, 3.63) is 11.1 Å². The summed E-state index contributed by atoms with van der Waals surface area (Å²) >= 11 is 1.22. The average molecular weight is 257 g/mol. The summed E-state index contributed by atoms with van der Waals surface area (Å²) in [6.45, 7) is 0.524. The van der Waals surface area contributed by atoms with Crippen LogP contribution < -0.4 is 11.1 Å². The highest BCUT2D eigenvalue weighted by molar-refractivity contribution is 7.13. The molecule has 0 aliphatic heterocycles. The Morgan fingerprint density at radius 1 is 1.41 bits per heavy atom. The summed E-state index contributed by atoms with van der Waals surface area (Å²) < 4.78 is 0. The maximum absolute atomic E-state index is 11.5. The molecule has 0 saturated carbocycles. The van der Waals surface area contributed by atoms with Crippen molar-refractivity contribution in [1.29, 1.82) is 0 Å². The summed E-state index contributed by atoms with van der Waals surface area (Å²) in [5, 5.41) is 13.1. The molecule has 1 rings (SSSR count). The number of carboxylic acid groups (broad SMARTS) is 1. The maximum atomic E-state index is 11.5. The van der Waals surface area contributed by atoms with E-state index in [4.69, 9.17) is 10.8 Å². The number of nitrogens with zero attached hydrogens (tertiary/aromatic N) is 1. The molecule has 0 atom stereocenters. The molecule has 1 aromatic rings. The number of hydrogen-bond donors (Lipinski definition) is 3. The molecule has 6 nitrogen and oxygen atoms in total. The third kappa shape index (κ3) is 5.30. The zero-order chi connectivity index (χ0) is 12.7. The van der Waals surface area contributed by atoms with Gasteiger partial charge in [0.1, 0.15) is 5.69 Å². The zero-order valence-corrected chi connectivity index (χ0v) is 10.1. The van der Waals surface area contributed by atoms with Crippen molar-refractivity contribution in [1.82, 2.24) is 10.3 Å². The molecule has 0 aliphatic carbocycles. The van der Waals surface area contributed by atoms with E-state index >= 15 is 0 Å². The predicted molar refractivity (Wildman–Crippen MR) is 65.0 cm³/mol. The van der Waals surface area contributed by atoms with E-state index in [-0.39, 0.29) is 12.3 Å². The molecule has 0 spiro atoms. The van der Waals surface area contributed by atoms with E-state index in [0.29, 0.717) is 23.8 Å². The zero-order valence-electron chi connectivity index (χ0n) is 9.31. The normalized spacial score (nSPS) is 10.1. The van der Waals surface area contributed by atoms with Gasteiger partial charge in [-0.05, 0) is 12.8 Å². The van der Waals surface area contributed by atoms with Crippen LogP contribution in [-0.2, 0) is 4.79 Å². The number of carbonyl (C=O) groups is 2. The van der Waals surface area contributed by atoms with Crippen molar-refractivity contribution in [3.63, 3.8) is 0 Å². The number of aliphatic carboxylic acids is 1. The minimum Gasteiger partial charge on any atom is -0.481 e. The van der Waals surface area contributed by atoms with E-state index in [0.717, 1.165) is 12.8 Å². The minimum atomic E-state index is -0.785. The number of nitrogens with one attached hydrogen (secondary N) is 1. The highest BCUT2D eigenvalue weighted by Crippen LogP contribution is 2.10. The molecule has 0 fully saturated rings. The monoisotopic (exact) mass is 257 g/mol. The molecule has 0 saturated heterocycles. The Balaban J connectivity index is 2.11. The average Bonchev–Trinajstić information content (AvgIpc) is 2.69. The lowest BCUT2D eigenvalue weighted by atomic mass is 10.2. The van der Waals surface area contributed by atoms with Crippen molar-refractivity contribution in [2.24, 2.45) is 0 Å². The molecule has 0 unspecified atom stereocenters. The molecule has 1 heterocycles. The number of anilines is 1. The summed E-state index contributed by atoms with van der Waals surface area (Å²) in [7, 11) is 0. The standard InChI is InChI=1S/C10H15N3O3S/c11-10-13-7(6-17-10)9(16)12-5-3-1-2-4-8(14)15/h6H,1-5H2,(H2,11,13)(H,12,16)(H,14,15). The number of carbonyl (C=O) groups excluding carboxylic acids is 1. The summed E-state index contributed by atoms with van der Waals surface area (Å²) in [5.74, 6) is -1.02. The molecule has 1 amide bonds. The van der Waals surface area contributed by atoms with Gasteiger partial charge in [-0.1, -0.05) is 6.42 Å². The van der Waals surface area contributed by atoms with Gasteiger partial charge in [-0.25, -0.2) is 4.98 Å². The van der Waals surface area contributed by atoms with Crippen LogP contribution in [0.2, 0.25) is 0 Å². The van der Waals surface area contributed by atoms with Crippen LogP contribution in [0.3, 0.4) is 0 Å². The Morgan fingerprint density at radius 3 is 2.76 bits per heavy atom. The Labute approximate surface area is 103 Å². The fourth-order valence-electron chi connectivity index (χ4n) is 1.26. The number of hydrogen-bond acceptors (Lipinski definition) is 5. The highest BCUT2D eigenvalue weighted by Gasteiger charge is 2.08. The van der Waals surface area contributed by atoms with Gasteiger partial charge in [0.15, 0.2) is 5.13 Å². The Kier molecular flexibility index (Phi) is 5.41. The van der Waals surface area contributed by atoms with Crippen molar-refractivity contribution in [3.8, 4) is 0 Å².